The van der Waals surface area contributed by atoms with Crippen LogP contribution in [0.15, 0.2) is 0 Å². The molecule has 1 aliphatic rings. The highest BCUT2D eigenvalue weighted by Gasteiger charge is 2.32. The van der Waals surface area contributed by atoms with Crippen LogP contribution in [-0.4, -0.2) is 49.9 Å². The summed E-state index contributed by atoms with van der Waals surface area (Å²) in [5.41, 5.74) is -0.563. The number of likely N-dealkylation sites (N-methyl/N-ethyl adjacent to an activating group) is 1. The lowest BCUT2D eigenvalue weighted by atomic mass is 10.00. The molecule has 4 nitrogen and oxygen atoms in total. The van der Waals surface area contributed by atoms with Gasteiger partial charge < -0.3 is 14.8 Å². The van der Waals surface area contributed by atoms with Crippen molar-refractivity contribution in [1.29, 1.82) is 0 Å². The van der Waals surface area contributed by atoms with Gasteiger partial charge in [0.05, 0.1) is 7.11 Å². The monoisotopic (exact) mass is 261 g/mol. The normalized spacial score (nSPS) is 20.9. The lowest BCUT2D eigenvalue weighted by Gasteiger charge is -2.27. The Balaban J connectivity index is 2.29. The van der Waals surface area contributed by atoms with Crippen molar-refractivity contribution in [3.05, 3.63) is 0 Å². The van der Waals surface area contributed by atoms with Gasteiger partial charge in [0.1, 0.15) is 5.54 Å². The van der Waals surface area contributed by atoms with E-state index >= 15 is 0 Å². The molecule has 0 amide bonds. The minimum absolute atomic E-state index is 0.187. The van der Waals surface area contributed by atoms with E-state index < -0.39 is 5.54 Å². The molecular weight excluding hydrogens is 238 g/mol. The predicted octanol–water partition coefficient (Wildman–Crippen LogP) is 1.44. The molecule has 1 saturated heterocycles. The summed E-state index contributed by atoms with van der Waals surface area (Å²) in [7, 11) is 3.24. The van der Waals surface area contributed by atoms with Gasteiger partial charge in [0.2, 0.25) is 0 Å². The van der Waals surface area contributed by atoms with Crippen LogP contribution in [0.2, 0.25) is 0 Å². The van der Waals surface area contributed by atoms with Crippen molar-refractivity contribution < 1.29 is 14.3 Å². The molecule has 100 valence electrons. The third-order valence-electron chi connectivity index (χ3n) is 3.31. The van der Waals surface area contributed by atoms with Crippen molar-refractivity contribution in [1.82, 2.24) is 5.32 Å². The fourth-order valence-electron chi connectivity index (χ4n) is 1.83. The van der Waals surface area contributed by atoms with E-state index in [4.69, 9.17) is 9.47 Å². The Kier molecular flexibility index (Phi) is 6.30. The summed E-state index contributed by atoms with van der Waals surface area (Å²) >= 11 is 1.94. The number of rotatable bonds is 6. The highest BCUT2D eigenvalue weighted by atomic mass is 32.2. The zero-order valence-corrected chi connectivity index (χ0v) is 11.8. The average Bonchev–Trinajstić information content (AvgIpc) is 2.38. The molecule has 1 fully saturated rings. The Labute approximate surface area is 108 Å². The molecule has 0 aromatic carbocycles. The Bertz CT molecular complexity index is 244. The van der Waals surface area contributed by atoms with Gasteiger partial charge in [-0.2, -0.15) is 11.8 Å². The van der Waals surface area contributed by atoms with Gasteiger partial charge in [-0.25, -0.2) is 0 Å². The van der Waals surface area contributed by atoms with Crippen molar-refractivity contribution in [2.45, 2.75) is 37.0 Å². The molecule has 1 atom stereocenters. The first kappa shape index (κ1) is 14.8. The molecule has 0 spiro atoms. The summed E-state index contributed by atoms with van der Waals surface area (Å²) in [4.78, 5) is 11.6. The maximum absolute atomic E-state index is 11.6. The molecule has 1 heterocycles. The lowest BCUT2D eigenvalue weighted by molar-refractivity contribution is -0.147. The van der Waals surface area contributed by atoms with Crippen LogP contribution in [0, 0.1) is 0 Å². The number of methoxy groups -OCH3 is 1. The summed E-state index contributed by atoms with van der Waals surface area (Å²) < 4.78 is 10.1. The summed E-state index contributed by atoms with van der Waals surface area (Å²) in [5, 5.41) is 3.74. The number of nitrogens with one attached hydrogen (secondary N) is 1. The van der Waals surface area contributed by atoms with Crippen molar-refractivity contribution in [3.63, 3.8) is 0 Å². The van der Waals surface area contributed by atoms with Gasteiger partial charge >= 0.3 is 5.97 Å². The number of carbonyl (C=O) groups is 1. The van der Waals surface area contributed by atoms with E-state index in [0.29, 0.717) is 5.25 Å². The third kappa shape index (κ3) is 4.48. The summed E-state index contributed by atoms with van der Waals surface area (Å²) in [6.45, 7) is 3.64. The van der Waals surface area contributed by atoms with Crippen molar-refractivity contribution >= 4 is 17.7 Å². The predicted molar refractivity (Wildman–Crippen MR) is 70.4 cm³/mol. The summed E-state index contributed by atoms with van der Waals surface area (Å²) in [5.74, 6) is 0.782. The maximum atomic E-state index is 11.6. The van der Waals surface area contributed by atoms with Gasteiger partial charge in [-0.15, -0.1) is 0 Å². The van der Waals surface area contributed by atoms with Crippen LogP contribution < -0.4 is 5.32 Å². The molecule has 0 aliphatic carbocycles. The van der Waals surface area contributed by atoms with E-state index in [9.17, 15) is 4.79 Å². The molecule has 0 aromatic heterocycles. The molecule has 0 bridgehead atoms. The first-order valence-electron chi connectivity index (χ1n) is 6.09. The van der Waals surface area contributed by atoms with Crippen LogP contribution >= 0.6 is 11.8 Å². The van der Waals surface area contributed by atoms with E-state index in [1.807, 2.05) is 18.7 Å². The average molecular weight is 261 g/mol. The van der Waals surface area contributed by atoms with Crippen LogP contribution in [-0.2, 0) is 14.3 Å². The number of hydrogen-bond acceptors (Lipinski definition) is 5. The first-order chi connectivity index (χ1) is 8.12. The smallest absolute Gasteiger partial charge is 0.325 e. The van der Waals surface area contributed by atoms with E-state index in [1.54, 1.807) is 7.05 Å². The van der Waals surface area contributed by atoms with Crippen molar-refractivity contribution in [2.24, 2.45) is 0 Å². The molecule has 0 radical (unpaired) electrons. The largest absolute Gasteiger partial charge is 0.468 e. The highest BCUT2D eigenvalue weighted by Crippen LogP contribution is 2.25. The quantitative estimate of drug-likeness (QED) is 0.733. The third-order valence-corrected chi connectivity index (χ3v) is 4.69. The lowest BCUT2D eigenvalue weighted by Crippen LogP contribution is -2.48. The van der Waals surface area contributed by atoms with Gasteiger partial charge in [-0.1, -0.05) is 0 Å². The highest BCUT2D eigenvalue weighted by molar-refractivity contribution is 7.99. The molecule has 1 rings (SSSR count). The minimum atomic E-state index is -0.563. The second kappa shape index (κ2) is 7.24. The standard InChI is InChI=1S/C12H23NO3S/c1-12(13-2,11(14)15-3)6-9-17-10-4-7-16-8-5-10/h10,13H,4-9H2,1-3H3. The van der Waals surface area contributed by atoms with Gasteiger partial charge in [0.25, 0.3) is 0 Å². The zero-order valence-electron chi connectivity index (χ0n) is 11.0. The van der Waals surface area contributed by atoms with Crippen molar-refractivity contribution in [2.75, 3.05) is 33.1 Å². The number of ether oxygens (including phenoxy) is 2. The molecule has 0 aromatic rings. The molecule has 1 N–H and O–H groups in total. The fraction of sp³-hybridized carbons (Fsp3) is 0.917. The fourth-order valence-corrected chi connectivity index (χ4v) is 3.21. The topological polar surface area (TPSA) is 47.6 Å². The van der Waals surface area contributed by atoms with Gasteiger partial charge in [0.15, 0.2) is 0 Å². The van der Waals surface area contributed by atoms with E-state index in [1.165, 1.54) is 7.11 Å². The van der Waals surface area contributed by atoms with E-state index in [2.05, 4.69) is 5.32 Å². The van der Waals surface area contributed by atoms with Crippen molar-refractivity contribution in [3.8, 4) is 0 Å². The Hall–Kier alpha value is -0.260. The molecule has 1 aliphatic heterocycles. The maximum Gasteiger partial charge on any atom is 0.325 e. The Morgan fingerprint density at radius 3 is 2.71 bits per heavy atom. The first-order valence-corrected chi connectivity index (χ1v) is 7.14. The van der Waals surface area contributed by atoms with E-state index in [0.717, 1.165) is 38.2 Å². The number of hydrogen-bond donors (Lipinski definition) is 1. The number of thioether (sulfide) groups is 1. The van der Waals surface area contributed by atoms with Crippen LogP contribution in [0.1, 0.15) is 26.2 Å². The molecule has 17 heavy (non-hydrogen) atoms. The second-order valence-corrected chi connectivity index (χ2v) is 5.91. The molecule has 0 saturated carbocycles. The SMILES string of the molecule is CNC(C)(CCSC1CCOCC1)C(=O)OC. The Morgan fingerprint density at radius 1 is 1.53 bits per heavy atom. The van der Waals surface area contributed by atoms with Crippen LogP contribution in [0.5, 0.6) is 0 Å². The van der Waals surface area contributed by atoms with Gasteiger partial charge in [0, 0.05) is 18.5 Å². The Morgan fingerprint density at radius 2 is 2.18 bits per heavy atom. The minimum Gasteiger partial charge on any atom is -0.468 e. The second-order valence-electron chi connectivity index (χ2n) is 4.51. The van der Waals surface area contributed by atoms with Crippen LogP contribution in [0.4, 0.5) is 0 Å². The molecule has 1 unspecified atom stereocenters. The van der Waals surface area contributed by atoms with Crippen LogP contribution in [0.3, 0.4) is 0 Å². The summed E-state index contributed by atoms with van der Waals surface area (Å²) in [6, 6.07) is 0. The van der Waals surface area contributed by atoms with Crippen LogP contribution in [0.25, 0.3) is 0 Å². The molecule has 5 heteroatoms. The van der Waals surface area contributed by atoms with Gasteiger partial charge in [-0.05, 0) is 39.0 Å². The number of esters is 1. The zero-order chi connectivity index (χ0) is 12.7. The summed E-state index contributed by atoms with van der Waals surface area (Å²) in [6.07, 6.45) is 3.04. The van der Waals surface area contributed by atoms with E-state index in [-0.39, 0.29) is 5.97 Å². The van der Waals surface area contributed by atoms with Gasteiger partial charge in [-0.3, -0.25) is 4.79 Å². The number of carbonyl (C=O) groups excluding carboxylic acids is 1. The molecular formula is C12H23NO3S.